The number of hydrogen-bond acceptors (Lipinski definition) is 4. The molecule has 1 aromatic carbocycles. The molecule has 88 valence electrons. The van der Waals surface area contributed by atoms with Crippen LogP contribution in [-0.4, -0.2) is 17.3 Å². The van der Waals surface area contributed by atoms with E-state index in [1.165, 1.54) is 0 Å². The second-order valence-corrected chi connectivity index (χ2v) is 3.83. The van der Waals surface area contributed by atoms with Crippen molar-refractivity contribution < 1.29 is 4.74 Å². The summed E-state index contributed by atoms with van der Waals surface area (Å²) in [4.78, 5) is 0. The van der Waals surface area contributed by atoms with Gasteiger partial charge in [0, 0.05) is 6.07 Å². The molecule has 0 aliphatic carbocycles. The Bertz CT molecular complexity index is 496. The quantitative estimate of drug-likeness (QED) is 0.872. The van der Waals surface area contributed by atoms with Crippen molar-refractivity contribution in [3.8, 4) is 5.88 Å². The summed E-state index contributed by atoms with van der Waals surface area (Å²) in [5.41, 5.74) is 9.11. The molecule has 4 heteroatoms. The van der Waals surface area contributed by atoms with E-state index in [0.29, 0.717) is 5.88 Å². The van der Waals surface area contributed by atoms with Crippen LogP contribution in [0.2, 0.25) is 0 Å². The van der Waals surface area contributed by atoms with Crippen molar-refractivity contribution in [2.24, 2.45) is 5.73 Å². The average molecular weight is 229 g/mol. The van der Waals surface area contributed by atoms with Crippen LogP contribution in [0.5, 0.6) is 5.88 Å². The van der Waals surface area contributed by atoms with Crippen LogP contribution in [0.1, 0.15) is 22.9 Å². The molecule has 0 saturated carbocycles. The highest BCUT2D eigenvalue weighted by molar-refractivity contribution is 5.33. The van der Waals surface area contributed by atoms with Crippen molar-refractivity contribution in [1.82, 2.24) is 10.2 Å². The summed E-state index contributed by atoms with van der Waals surface area (Å²) >= 11 is 0. The lowest BCUT2D eigenvalue weighted by atomic mass is 9.99. The van der Waals surface area contributed by atoms with Crippen molar-refractivity contribution in [2.75, 3.05) is 7.11 Å². The van der Waals surface area contributed by atoms with Crippen LogP contribution in [-0.2, 0) is 0 Å². The highest BCUT2D eigenvalue weighted by atomic mass is 16.5. The Morgan fingerprint density at radius 1 is 1.12 bits per heavy atom. The van der Waals surface area contributed by atoms with E-state index in [1.54, 1.807) is 13.2 Å². The SMILES string of the molecule is COc1ccc(C(N)c2ccccc2C)nn1. The molecule has 4 nitrogen and oxygen atoms in total. The Kier molecular flexibility index (Phi) is 3.35. The minimum absolute atomic E-state index is 0.255. The van der Waals surface area contributed by atoms with E-state index in [2.05, 4.69) is 10.2 Å². The predicted molar refractivity (Wildman–Crippen MR) is 65.8 cm³/mol. The molecule has 0 aliphatic heterocycles. The summed E-state index contributed by atoms with van der Waals surface area (Å²) in [7, 11) is 1.56. The second-order valence-electron chi connectivity index (χ2n) is 3.83. The predicted octanol–water partition coefficient (Wildman–Crippen LogP) is 1.84. The molecular formula is C13H15N3O. The van der Waals surface area contributed by atoms with E-state index >= 15 is 0 Å². The molecule has 0 amide bonds. The molecule has 1 heterocycles. The Morgan fingerprint density at radius 3 is 2.47 bits per heavy atom. The summed E-state index contributed by atoms with van der Waals surface area (Å²) in [6.07, 6.45) is 0. The molecule has 0 aliphatic rings. The van der Waals surface area contributed by atoms with Gasteiger partial charge in [-0.1, -0.05) is 24.3 Å². The number of methoxy groups -OCH3 is 1. The van der Waals surface area contributed by atoms with Crippen LogP contribution in [0.4, 0.5) is 0 Å². The minimum atomic E-state index is -0.255. The van der Waals surface area contributed by atoms with Gasteiger partial charge in [0.2, 0.25) is 5.88 Å². The summed E-state index contributed by atoms with van der Waals surface area (Å²) in [5.74, 6) is 0.491. The van der Waals surface area contributed by atoms with Gasteiger partial charge in [-0.05, 0) is 24.1 Å². The van der Waals surface area contributed by atoms with Crippen LogP contribution >= 0.6 is 0 Å². The molecule has 0 fully saturated rings. The number of ether oxygens (including phenoxy) is 1. The lowest BCUT2D eigenvalue weighted by Gasteiger charge is -2.13. The summed E-state index contributed by atoms with van der Waals surface area (Å²) in [6.45, 7) is 2.03. The maximum atomic E-state index is 6.17. The molecule has 0 spiro atoms. The van der Waals surface area contributed by atoms with E-state index in [-0.39, 0.29) is 6.04 Å². The lowest BCUT2D eigenvalue weighted by Crippen LogP contribution is -2.15. The van der Waals surface area contributed by atoms with E-state index in [0.717, 1.165) is 16.8 Å². The zero-order valence-corrected chi connectivity index (χ0v) is 9.92. The first-order valence-electron chi connectivity index (χ1n) is 5.41. The molecule has 1 unspecified atom stereocenters. The number of aryl methyl sites for hydroxylation is 1. The van der Waals surface area contributed by atoms with Crippen molar-refractivity contribution >= 4 is 0 Å². The van der Waals surface area contributed by atoms with Gasteiger partial charge in [-0.25, -0.2) is 0 Å². The van der Waals surface area contributed by atoms with Crippen LogP contribution < -0.4 is 10.5 Å². The van der Waals surface area contributed by atoms with E-state index in [9.17, 15) is 0 Å². The van der Waals surface area contributed by atoms with Gasteiger partial charge in [0.25, 0.3) is 0 Å². The average Bonchev–Trinajstić information content (AvgIpc) is 2.39. The van der Waals surface area contributed by atoms with Crippen LogP contribution in [0, 0.1) is 6.92 Å². The van der Waals surface area contributed by atoms with Crippen molar-refractivity contribution in [1.29, 1.82) is 0 Å². The number of aromatic nitrogens is 2. The molecule has 0 radical (unpaired) electrons. The van der Waals surface area contributed by atoms with Gasteiger partial charge in [-0.15, -0.1) is 10.2 Å². The zero-order valence-electron chi connectivity index (χ0n) is 9.92. The zero-order chi connectivity index (χ0) is 12.3. The molecule has 0 saturated heterocycles. The number of hydrogen-bond donors (Lipinski definition) is 1. The third kappa shape index (κ3) is 2.42. The fourth-order valence-corrected chi connectivity index (χ4v) is 1.70. The lowest BCUT2D eigenvalue weighted by molar-refractivity contribution is 0.390. The molecule has 1 atom stereocenters. The third-order valence-corrected chi connectivity index (χ3v) is 2.71. The van der Waals surface area contributed by atoms with E-state index in [1.807, 2.05) is 37.3 Å². The molecule has 2 aromatic rings. The Labute approximate surface area is 100 Å². The van der Waals surface area contributed by atoms with Crippen LogP contribution in [0.25, 0.3) is 0 Å². The van der Waals surface area contributed by atoms with Crippen LogP contribution in [0.15, 0.2) is 36.4 Å². The van der Waals surface area contributed by atoms with Crippen molar-refractivity contribution in [3.63, 3.8) is 0 Å². The fraction of sp³-hybridized carbons (Fsp3) is 0.231. The van der Waals surface area contributed by atoms with Gasteiger partial charge in [0.05, 0.1) is 18.8 Å². The smallest absolute Gasteiger partial charge is 0.233 e. The Balaban J connectivity index is 2.30. The maximum absolute atomic E-state index is 6.17. The van der Waals surface area contributed by atoms with Crippen LogP contribution in [0.3, 0.4) is 0 Å². The van der Waals surface area contributed by atoms with Gasteiger partial charge < -0.3 is 10.5 Å². The second kappa shape index (κ2) is 4.93. The van der Waals surface area contributed by atoms with Gasteiger partial charge in [0.1, 0.15) is 0 Å². The highest BCUT2D eigenvalue weighted by Crippen LogP contribution is 2.21. The van der Waals surface area contributed by atoms with Crippen molar-refractivity contribution in [2.45, 2.75) is 13.0 Å². The number of benzene rings is 1. The highest BCUT2D eigenvalue weighted by Gasteiger charge is 2.12. The van der Waals surface area contributed by atoms with Gasteiger partial charge in [-0.3, -0.25) is 0 Å². The van der Waals surface area contributed by atoms with Crippen molar-refractivity contribution in [3.05, 3.63) is 53.2 Å². The topological polar surface area (TPSA) is 61.0 Å². The molecule has 0 bridgehead atoms. The first kappa shape index (κ1) is 11.5. The summed E-state index contributed by atoms with van der Waals surface area (Å²) < 4.78 is 4.96. The number of nitrogens with zero attached hydrogens (tertiary/aromatic N) is 2. The molecule has 1 aromatic heterocycles. The first-order chi connectivity index (χ1) is 8.22. The normalized spacial score (nSPS) is 12.2. The molecule has 2 rings (SSSR count). The molecular weight excluding hydrogens is 214 g/mol. The standard InChI is InChI=1S/C13H15N3O/c1-9-5-3-4-6-10(9)13(14)11-7-8-12(17-2)16-15-11/h3-8,13H,14H2,1-2H3. The molecule has 17 heavy (non-hydrogen) atoms. The maximum Gasteiger partial charge on any atom is 0.233 e. The number of rotatable bonds is 3. The molecule has 2 N–H and O–H groups in total. The van der Waals surface area contributed by atoms with Gasteiger partial charge >= 0.3 is 0 Å². The van der Waals surface area contributed by atoms with E-state index < -0.39 is 0 Å². The largest absolute Gasteiger partial charge is 0.480 e. The Morgan fingerprint density at radius 2 is 1.88 bits per heavy atom. The summed E-state index contributed by atoms with van der Waals surface area (Å²) in [5, 5.41) is 7.99. The Hall–Kier alpha value is -1.94. The third-order valence-electron chi connectivity index (χ3n) is 2.71. The van der Waals surface area contributed by atoms with E-state index in [4.69, 9.17) is 10.5 Å². The first-order valence-corrected chi connectivity index (χ1v) is 5.41. The number of nitrogens with two attached hydrogens (primary N) is 1. The fourth-order valence-electron chi connectivity index (χ4n) is 1.70. The summed E-state index contributed by atoms with van der Waals surface area (Å²) in [6, 6.07) is 11.3. The van der Waals surface area contributed by atoms with Gasteiger partial charge in [0.15, 0.2) is 0 Å². The monoisotopic (exact) mass is 229 g/mol. The minimum Gasteiger partial charge on any atom is -0.480 e. The van der Waals surface area contributed by atoms with Gasteiger partial charge in [-0.2, -0.15) is 0 Å².